The quantitative estimate of drug-likeness (QED) is 0.836. The molecule has 1 amide bonds. The smallest absolute Gasteiger partial charge is 0.270 e. The van der Waals surface area contributed by atoms with E-state index in [1.807, 2.05) is 6.92 Å². The molecule has 0 saturated heterocycles. The monoisotopic (exact) mass is 326 g/mol. The van der Waals surface area contributed by atoms with Gasteiger partial charge in [-0.2, -0.15) is 0 Å². The molecule has 3 rings (SSSR count). The maximum absolute atomic E-state index is 13.4. The van der Waals surface area contributed by atoms with Gasteiger partial charge < -0.3 is 9.88 Å². The lowest BCUT2D eigenvalue weighted by Gasteiger charge is -2.35. The van der Waals surface area contributed by atoms with Gasteiger partial charge in [-0.1, -0.05) is 29.3 Å². The summed E-state index contributed by atoms with van der Waals surface area (Å²) in [5.74, 6) is -0.480. The first-order chi connectivity index (χ1) is 9.97. The van der Waals surface area contributed by atoms with Gasteiger partial charge in [-0.25, -0.2) is 4.39 Å². The summed E-state index contributed by atoms with van der Waals surface area (Å²) in [5, 5.41) is 0.562. The third-order valence-electron chi connectivity index (χ3n) is 3.86. The van der Waals surface area contributed by atoms with E-state index in [9.17, 15) is 9.18 Å². The van der Waals surface area contributed by atoms with E-state index in [2.05, 4.69) is 4.98 Å². The van der Waals surface area contributed by atoms with Gasteiger partial charge in [0.15, 0.2) is 0 Å². The van der Waals surface area contributed by atoms with Crippen molar-refractivity contribution >= 4 is 29.1 Å². The molecule has 1 aromatic carbocycles. The van der Waals surface area contributed by atoms with Crippen LogP contribution in [-0.4, -0.2) is 22.3 Å². The zero-order chi connectivity index (χ0) is 15.1. The van der Waals surface area contributed by atoms with E-state index in [1.54, 1.807) is 11.0 Å². The van der Waals surface area contributed by atoms with E-state index < -0.39 is 0 Å². The zero-order valence-electron chi connectivity index (χ0n) is 11.3. The summed E-state index contributed by atoms with van der Waals surface area (Å²) >= 11 is 11.7. The Morgan fingerprint density at radius 2 is 2.14 bits per heavy atom. The van der Waals surface area contributed by atoms with Gasteiger partial charge in [-0.15, -0.1) is 0 Å². The SMILES string of the molecule is CC1c2cc(F)ccc2CCN1C(=O)c1cc(Cl)c(Cl)[nH]1. The topological polar surface area (TPSA) is 36.1 Å². The summed E-state index contributed by atoms with van der Waals surface area (Å²) in [7, 11) is 0. The molecule has 1 aromatic heterocycles. The standard InChI is InChI=1S/C15H13Cl2FN2O/c1-8-11-6-10(18)3-2-9(11)4-5-20(8)15(21)13-7-12(16)14(17)19-13/h2-3,6-8,19H,4-5H2,1H3. The van der Waals surface area contributed by atoms with Crippen LogP contribution in [0.3, 0.4) is 0 Å². The molecule has 0 bridgehead atoms. The van der Waals surface area contributed by atoms with Crippen LogP contribution in [0.25, 0.3) is 0 Å². The van der Waals surface area contributed by atoms with Gasteiger partial charge in [-0.05, 0) is 42.7 Å². The number of nitrogens with one attached hydrogen (secondary N) is 1. The van der Waals surface area contributed by atoms with E-state index in [-0.39, 0.29) is 22.9 Å². The average molecular weight is 327 g/mol. The normalized spacial score (nSPS) is 17.7. The van der Waals surface area contributed by atoms with Crippen LogP contribution in [-0.2, 0) is 6.42 Å². The molecule has 110 valence electrons. The number of amides is 1. The highest BCUT2D eigenvalue weighted by Gasteiger charge is 2.29. The first-order valence-electron chi connectivity index (χ1n) is 6.60. The van der Waals surface area contributed by atoms with Crippen molar-refractivity contribution in [3.8, 4) is 0 Å². The Bertz CT molecular complexity index is 694. The molecule has 0 aliphatic carbocycles. The molecule has 1 aliphatic heterocycles. The molecule has 0 spiro atoms. The predicted octanol–water partition coefficient (Wildman–Crippen LogP) is 4.22. The Morgan fingerprint density at radius 3 is 2.81 bits per heavy atom. The molecule has 6 heteroatoms. The number of H-pyrrole nitrogens is 1. The number of rotatable bonds is 1. The minimum Gasteiger partial charge on any atom is -0.340 e. The number of carbonyl (C=O) groups is 1. The largest absolute Gasteiger partial charge is 0.340 e. The van der Waals surface area contributed by atoms with Gasteiger partial charge in [0.2, 0.25) is 0 Å². The Labute approximate surface area is 131 Å². The fourth-order valence-electron chi connectivity index (χ4n) is 2.74. The summed E-state index contributed by atoms with van der Waals surface area (Å²) < 4.78 is 13.4. The fraction of sp³-hybridized carbons (Fsp3) is 0.267. The summed E-state index contributed by atoms with van der Waals surface area (Å²) in [6, 6.07) is 6.05. The van der Waals surface area contributed by atoms with Gasteiger partial charge in [0.1, 0.15) is 16.7 Å². The maximum atomic E-state index is 13.4. The number of halogens is 3. The van der Waals surface area contributed by atoms with Gasteiger partial charge in [0.25, 0.3) is 5.91 Å². The molecule has 3 nitrogen and oxygen atoms in total. The predicted molar refractivity (Wildman–Crippen MR) is 80.4 cm³/mol. The minimum absolute atomic E-state index is 0.189. The second kappa shape index (κ2) is 5.35. The molecule has 2 heterocycles. The van der Waals surface area contributed by atoms with Crippen molar-refractivity contribution in [3.63, 3.8) is 0 Å². The third-order valence-corrected chi connectivity index (χ3v) is 4.56. The van der Waals surface area contributed by atoms with Crippen LogP contribution in [0, 0.1) is 5.82 Å². The van der Waals surface area contributed by atoms with Crippen LogP contribution in [0.2, 0.25) is 10.2 Å². The molecule has 0 radical (unpaired) electrons. The van der Waals surface area contributed by atoms with Crippen LogP contribution in [0.5, 0.6) is 0 Å². The van der Waals surface area contributed by atoms with Gasteiger partial charge in [0.05, 0.1) is 11.1 Å². The van der Waals surface area contributed by atoms with Crippen LogP contribution in [0.1, 0.15) is 34.6 Å². The summed E-state index contributed by atoms with van der Waals surface area (Å²) in [6.45, 7) is 2.47. The van der Waals surface area contributed by atoms with E-state index in [0.717, 1.165) is 11.1 Å². The molecular formula is C15H13Cl2FN2O. The van der Waals surface area contributed by atoms with Crippen molar-refractivity contribution in [1.82, 2.24) is 9.88 Å². The van der Waals surface area contributed by atoms with Crippen LogP contribution < -0.4 is 0 Å². The Morgan fingerprint density at radius 1 is 1.38 bits per heavy atom. The van der Waals surface area contributed by atoms with Gasteiger partial charge >= 0.3 is 0 Å². The molecule has 1 atom stereocenters. The van der Waals surface area contributed by atoms with E-state index in [1.165, 1.54) is 18.2 Å². The second-order valence-corrected chi connectivity index (χ2v) is 5.90. The maximum Gasteiger partial charge on any atom is 0.270 e. The molecule has 1 unspecified atom stereocenters. The van der Waals surface area contributed by atoms with Crippen molar-refractivity contribution in [2.24, 2.45) is 0 Å². The molecule has 1 N–H and O–H groups in total. The second-order valence-electron chi connectivity index (χ2n) is 5.11. The van der Waals surface area contributed by atoms with Crippen molar-refractivity contribution < 1.29 is 9.18 Å². The highest BCUT2D eigenvalue weighted by molar-refractivity contribution is 6.41. The zero-order valence-corrected chi connectivity index (χ0v) is 12.8. The minimum atomic E-state index is -0.291. The highest BCUT2D eigenvalue weighted by atomic mass is 35.5. The number of nitrogens with zero attached hydrogens (tertiary/aromatic N) is 1. The van der Waals surface area contributed by atoms with Crippen molar-refractivity contribution in [2.45, 2.75) is 19.4 Å². The number of hydrogen-bond acceptors (Lipinski definition) is 1. The average Bonchev–Trinajstić information content (AvgIpc) is 2.79. The molecule has 1 aliphatic rings. The Balaban J connectivity index is 1.92. The number of aromatic nitrogens is 1. The third kappa shape index (κ3) is 2.54. The van der Waals surface area contributed by atoms with E-state index in [4.69, 9.17) is 23.2 Å². The first-order valence-corrected chi connectivity index (χ1v) is 7.36. The fourth-order valence-corrected chi connectivity index (χ4v) is 3.05. The van der Waals surface area contributed by atoms with E-state index in [0.29, 0.717) is 23.7 Å². The molecule has 2 aromatic rings. The molecular weight excluding hydrogens is 314 g/mol. The van der Waals surface area contributed by atoms with Crippen molar-refractivity contribution in [2.75, 3.05) is 6.54 Å². The lowest BCUT2D eigenvalue weighted by atomic mass is 9.93. The summed E-state index contributed by atoms with van der Waals surface area (Å²) in [5.41, 5.74) is 2.27. The lowest BCUT2D eigenvalue weighted by Crippen LogP contribution is -2.39. The van der Waals surface area contributed by atoms with E-state index >= 15 is 0 Å². The van der Waals surface area contributed by atoms with Crippen molar-refractivity contribution in [1.29, 1.82) is 0 Å². The van der Waals surface area contributed by atoms with Crippen LogP contribution in [0.15, 0.2) is 24.3 Å². The summed E-state index contributed by atoms with van der Waals surface area (Å²) in [6.07, 6.45) is 0.702. The Hall–Kier alpha value is -1.52. The number of benzene rings is 1. The summed E-state index contributed by atoms with van der Waals surface area (Å²) in [4.78, 5) is 17.0. The van der Waals surface area contributed by atoms with Crippen LogP contribution >= 0.6 is 23.2 Å². The lowest BCUT2D eigenvalue weighted by molar-refractivity contribution is 0.0672. The molecule has 0 fully saturated rings. The number of carbonyl (C=O) groups excluding carboxylic acids is 1. The number of hydrogen-bond donors (Lipinski definition) is 1. The van der Waals surface area contributed by atoms with Gasteiger partial charge in [-0.3, -0.25) is 4.79 Å². The number of fused-ring (bicyclic) bond motifs is 1. The number of aromatic amines is 1. The Kier molecular flexibility index (Phi) is 3.68. The first kappa shape index (κ1) is 14.4. The molecule has 21 heavy (non-hydrogen) atoms. The highest BCUT2D eigenvalue weighted by Crippen LogP contribution is 2.32. The van der Waals surface area contributed by atoms with Gasteiger partial charge in [0, 0.05) is 6.54 Å². The van der Waals surface area contributed by atoms with Crippen LogP contribution in [0.4, 0.5) is 4.39 Å². The van der Waals surface area contributed by atoms with Crippen molar-refractivity contribution in [3.05, 3.63) is 57.1 Å². The molecule has 0 saturated carbocycles.